The number of hydrogen-bond acceptors (Lipinski definition) is 2. The van der Waals surface area contributed by atoms with E-state index in [1.54, 1.807) is 0 Å². The standard InChI is InChI=1S/C15H22FNO/c1-12(2)17-8-7-15(10-17,11-18)9-13-3-5-14(16)6-4-13/h3-6,12,18H,7-11H2,1-2H3. The predicted octanol–water partition coefficient (Wildman–Crippen LogP) is 2.46. The molecule has 1 unspecified atom stereocenters. The molecule has 0 aromatic heterocycles. The second-order valence-electron chi connectivity index (χ2n) is 5.78. The van der Waals surface area contributed by atoms with Crippen molar-refractivity contribution in [3.8, 4) is 0 Å². The van der Waals surface area contributed by atoms with E-state index in [1.807, 2.05) is 12.1 Å². The number of aliphatic hydroxyl groups excluding tert-OH is 1. The van der Waals surface area contributed by atoms with Crippen molar-refractivity contribution >= 4 is 0 Å². The van der Waals surface area contributed by atoms with Gasteiger partial charge < -0.3 is 10.0 Å². The van der Waals surface area contributed by atoms with Gasteiger partial charge in [0.15, 0.2) is 0 Å². The Labute approximate surface area is 108 Å². The molecular formula is C15H22FNO. The zero-order valence-electron chi connectivity index (χ0n) is 11.2. The zero-order valence-corrected chi connectivity index (χ0v) is 11.2. The number of rotatable bonds is 4. The first-order valence-electron chi connectivity index (χ1n) is 6.64. The van der Waals surface area contributed by atoms with Crippen LogP contribution in [0.5, 0.6) is 0 Å². The Balaban J connectivity index is 2.08. The first kappa shape index (κ1) is 13.5. The molecule has 1 aromatic carbocycles. The average molecular weight is 251 g/mol. The molecule has 2 rings (SSSR count). The number of aliphatic hydroxyl groups is 1. The van der Waals surface area contributed by atoms with Crippen molar-refractivity contribution < 1.29 is 9.50 Å². The van der Waals surface area contributed by atoms with Crippen LogP contribution in [-0.4, -0.2) is 35.7 Å². The average Bonchev–Trinajstić information content (AvgIpc) is 2.77. The number of halogens is 1. The van der Waals surface area contributed by atoms with Crippen molar-refractivity contribution in [2.45, 2.75) is 32.7 Å². The molecule has 1 saturated heterocycles. The van der Waals surface area contributed by atoms with Gasteiger partial charge in [0, 0.05) is 18.0 Å². The topological polar surface area (TPSA) is 23.5 Å². The fourth-order valence-electron chi connectivity index (χ4n) is 2.78. The van der Waals surface area contributed by atoms with Gasteiger partial charge in [0.1, 0.15) is 5.82 Å². The molecule has 0 bridgehead atoms. The molecule has 1 aliphatic rings. The lowest BCUT2D eigenvalue weighted by Gasteiger charge is -2.28. The predicted molar refractivity (Wildman–Crippen MR) is 70.9 cm³/mol. The Hall–Kier alpha value is -0.930. The highest BCUT2D eigenvalue weighted by Crippen LogP contribution is 2.34. The van der Waals surface area contributed by atoms with Crippen molar-refractivity contribution in [2.75, 3.05) is 19.7 Å². The molecule has 0 aliphatic carbocycles. The van der Waals surface area contributed by atoms with Crippen LogP contribution in [0.2, 0.25) is 0 Å². The quantitative estimate of drug-likeness (QED) is 0.888. The van der Waals surface area contributed by atoms with E-state index in [4.69, 9.17) is 0 Å². The van der Waals surface area contributed by atoms with Crippen molar-refractivity contribution in [1.82, 2.24) is 4.90 Å². The SMILES string of the molecule is CC(C)N1CCC(CO)(Cc2ccc(F)cc2)C1. The summed E-state index contributed by atoms with van der Waals surface area (Å²) >= 11 is 0. The molecule has 0 radical (unpaired) electrons. The Morgan fingerprint density at radius 1 is 1.33 bits per heavy atom. The van der Waals surface area contributed by atoms with Gasteiger partial charge in [-0.05, 0) is 50.9 Å². The van der Waals surface area contributed by atoms with E-state index in [-0.39, 0.29) is 17.8 Å². The first-order chi connectivity index (χ1) is 8.54. The fourth-order valence-corrected chi connectivity index (χ4v) is 2.78. The maximum atomic E-state index is 12.9. The van der Waals surface area contributed by atoms with E-state index in [1.165, 1.54) is 12.1 Å². The van der Waals surface area contributed by atoms with Crippen LogP contribution in [0.3, 0.4) is 0 Å². The van der Waals surface area contributed by atoms with Crippen LogP contribution in [0.25, 0.3) is 0 Å². The molecule has 0 amide bonds. The third-order valence-electron chi connectivity index (χ3n) is 4.03. The van der Waals surface area contributed by atoms with Gasteiger partial charge in [-0.2, -0.15) is 0 Å². The largest absolute Gasteiger partial charge is 0.396 e. The third-order valence-corrected chi connectivity index (χ3v) is 4.03. The van der Waals surface area contributed by atoms with E-state index >= 15 is 0 Å². The highest BCUT2D eigenvalue weighted by Gasteiger charge is 2.38. The molecule has 0 spiro atoms. The number of likely N-dealkylation sites (tertiary alicyclic amines) is 1. The summed E-state index contributed by atoms with van der Waals surface area (Å²) in [4.78, 5) is 2.40. The maximum absolute atomic E-state index is 12.9. The van der Waals surface area contributed by atoms with Gasteiger partial charge in [0.25, 0.3) is 0 Å². The van der Waals surface area contributed by atoms with Crippen LogP contribution >= 0.6 is 0 Å². The third kappa shape index (κ3) is 2.90. The highest BCUT2D eigenvalue weighted by atomic mass is 19.1. The van der Waals surface area contributed by atoms with Gasteiger partial charge in [-0.15, -0.1) is 0 Å². The molecule has 1 heterocycles. The molecule has 18 heavy (non-hydrogen) atoms. The number of nitrogens with zero attached hydrogens (tertiary/aromatic N) is 1. The Morgan fingerprint density at radius 3 is 2.50 bits per heavy atom. The summed E-state index contributed by atoms with van der Waals surface area (Å²) < 4.78 is 12.9. The zero-order chi connectivity index (χ0) is 13.2. The van der Waals surface area contributed by atoms with E-state index < -0.39 is 0 Å². The van der Waals surface area contributed by atoms with Crippen LogP contribution in [0, 0.1) is 11.2 Å². The minimum absolute atomic E-state index is 0.0535. The summed E-state index contributed by atoms with van der Waals surface area (Å²) in [5.41, 5.74) is 1.05. The molecule has 1 atom stereocenters. The summed E-state index contributed by atoms with van der Waals surface area (Å²) in [5, 5.41) is 9.73. The smallest absolute Gasteiger partial charge is 0.123 e. The highest BCUT2D eigenvalue weighted by molar-refractivity contribution is 5.18. The van der Waals surface area contributed by atoms with Crippen LogP contribution in [0.4, 0.5) is 4.39 Å². The summed E-state index contributed by atoms with van der Waals surface area (Å²) in [6.45, 7) is 6.54. The fraction of sp³-hybridized carbons (Fsp3) is 0.600. The van der Waals surface area contributed by atoms with Crippen LogP contribution < -0.4 is 0 Å². The monoisotopic (exact) mass is 251 g/mol. The molecule has 1 fully saturated rings. The summed E-state index contributed by atoms with van der Waals surface area (Å²) in [7, 11) is 0. The van der Waals surface area contributed by atoms with Crippen LogP contribution in [0.1, 0.15) is 25.8 Å². The molecule has 0 saturated carbocycles. The summed E-state index contributed by atoms with van der Waals surface area (Å²) in [6, 6.07) is 7.16. The summed E-state index contributed by atoms with van der Waals surface area (Å²) in [5.74, 6) is -0.202. The first-order valence-corrected chi connectivity index (χ1v) is 6.64. The minimum Gasteiger partial charge on any atom is -0.396 e. The molecule has 100 valence electrons. The van der Waals surface area contributed by atoms with E-state index in [0.29, 0.717) is 6.04 Å². The molecular weight excluding hydrogens is 229 g/mol. The Morgan fingerprint density at radius 2 is 2.00 bits per heavy atom. The molecule has 3 heteroatoms. The molecule has 2 nitrogen and oxygen atoms in total. The van der Waals surface area contributed by atoms with Crippen molar-refractivity contribution in [3.63, 3.8) is 0 Å². The minimum atomic E-state index is -0.202. The normalized spacial score (nSPS) is 24.9. The van der Waals surface area contributed by atoms with Gasteiger partial charge in [0.05, 0.1) is 6.61 Å². The van der Waals surface area contributed by atoms with Gasteiger partial charge in [0.2, 0.25) is 0 Å². The molecule has 1 N–H and O–H groups in total. The van der Waals surface area contributed by atoms with Gasteiger partial charge in [-0.3, -0.25) is 0 Å². The lowest BCUT2D eigenvalue weighted by atomic mass is 9.81. The number of benzene rings is 1. The second kappa shape index (κ2) is 5.37. The lowest BCUT2D eigenvalue weighted by Crippen LogP contribution is -2.35. The molecule has 1 aliphatic heterocycles. The number of hydrogen-bond donors (Lipinski definition) is 1. The van der Waals surface area contributed by atoms with Crippen LogP contribution in [0.15, 0.2) is 24.3 Å². The lowest BCUT2D eigenvalue weighted by molar-refractivity contribution is 0.122. The van der Waals surface area contributed by atoms with Gasteiger partial charge >= 0.3 is 0 Å². The van der Waals surface area contributed by atoms with Gasteiger partial charge in [-0.25, -0.2) is 4.39 Å². The van der Waals surface area contributed by atoms with E-state index in [2.05, 4.69) is 18.7 Å². The Kier molecular flexibility index (Phi) is 4.03. The van der Waals surface area contributed by atoms with Crippen molar-refractivity contribution in [2.24, 2.45) is 5.41 Å². The summed E-state index contributed by atoms with van der Waals surface area (Å²) in [6.07, 6.45) is 1.84. The second-order valence-corrected chi connectivity index (χ2v) is 5.78. The van der Waals surface area contributed by atoms with Gasteiger partial charge in [-0.1, -0.05) is 12.1 Å². The van der Waals surface area contributed by atoms with Crippen LogP contribution in [-0.2, 0) is 6.42 Å². The maximum Gasteiger partial charge on any atom is 0.123 e. The van der Waals surface area contributed by atoms with E-state index in [0.717, 1.165) is 31.5 Å². The van der Waals surface area contributed by atoms with Crippen molar-refractivity contribution in [3.05, 3.63) is 35.6 Å². The van der Waals surface area contributed by atoms with Crippen molar-refractivity contribution in [1.29, 1.82) is 0 Å². The molecule has 1 aromatic rings. The van der Waals surface area contributed by atoms with E-state index in [9.17, 15) is 9.50 Å². The Bertz CT molecular complexity index is 390.